The number of pyridine rings is 1. The Morgan fingerprint density at radius 2 is 2.13 bits per heavy atom. The average molecular weight is 439 g/mol. The molecule has 0 unspecified atom stereocenters. The first kappa shape index (κ1) is 20.6. The van der Waals surface area contributed by atoms with E-state index in [1.807, 2.05) is 43.3 Å². The highest BCUT2D eigenvalue weighted by atomic mass is 32.2. The van der Waals surface area contributed by atoms with Crippen LogP contribution in [0.25, 0.3) is 20.4 Å². The summed E-state index contributed by atoms with van der Waals surface area (Å²) < 4.78 is 2.32. The number of hydrogen-bond acceptors (Lipinski definition) is 6. The van der Waals surface area contributed by atoms with E-state index in [0.29, 0.717) is 21.9 Å². The van der Waals surface area contributed by atoms with Crippen LogP contribution in [0.5, 0.6) is 0 Å². The van der Waals surface area contributed by atoms with E-state index in [-0.39, 0.29) is 17.2 Å². The molecule has 3 heterocycles. The van der Waals surface area contributed by atoms with Gasteiger partial charge in [-0.15, -0.1) is 11.3 Å². The number of amides is 1. The molecule has 30 heavy (non-hydrogen) atoms. The maximum atomic E-state index is 13.2. The van der Waals surface area contributed by atoms with Crippen LogP contribution in [0.3, 0.4) is 0 Å². The summed E-state index contributed by atoms with van der Waals surface area (Å²) in [5.41, 5.74) is 2.46. The zero-order valence-corrected chi connectivity index (χ0v) is 18.5. The fraction of sp³-hybridized carbons (Fsp3) is 0.273. The number of carbonyl (C=O) groups excluding carboxylic acids is 1. The molecule has 0 saturated heterocycles. The van der Waals surface area contributed by atoms with Crippen molar-refractivity contribution >= 4 is 55.1 Å². The maximum Gasteiger partial charge on any atom is 0.272 e. The zero-order chi connectivity index (χ0) is 21.1. The summed E-state index contributed by atoms with van der Waals surface area (Å²) in [7, 11) is 0. The minimum atomic E-state index is -0.126. The van der Waals surface area contributed by atoms with Gasteiger partial charge in [-0.1, -0.05) is 37.2 Å². The predicted molar refractivity (Wildman–Crippen MR) is 125 cm³/mol. The molecule has 154 valence electrons. The largest absolute Gasteiger partial charge is 0.325 e. The SMILES string of the molecule is CCCCn1c(SCC(=O)Nc2cccc(C)c2)nc2c(sc3ncccc32)c1=O. The number of fused-ring (bicyclic) bond motifs is 3. The molecule has 0 aliphatic carbocycles. The van der Waals surface area contributed by atoms with Crippen LogP contribution in [0.15, 0.2) is 52.5 Å². The summed E-state index contributed by atoms with van der Waals surface area (Å²) in [4.78, 5) is 35.6. The molecule has 0 spiro atoms. The zero-order valence-electron chi connectivity index (χ0n) is 16.8. The van der Waals surface area contributed by atoms with Gasteiger partial charge < -0.3 is 5.32 Å². The highest BCUT2D eigenvalue weighted by Crippen LogP contribution is 2.30. The number of carbonyl (C=O) groups is 1. The first-order valence-electron chi connectivity index (χ1n) is 9.84. The van der Waals surface area contributed by atoms with E-state index < -0.39 is 0 Å². The molecule has 0 atom stereocenters. The van der Waals surface area contributed by atoms with E-state index in [1.54, 1.807) is 10.8 Å². The number of anilines is 1. The quantitative estimate of drug-likeness (QED) is 0.330. The van der Waals surface area contributed by atoms with Gasteiger partial charge in [0.1, 0.15) is 9.53 Å². The molecule has 1 aromatic carbocycles. The Morgan fingerprint density at radius 3 is 2.93 bits per heavy atom. The van der Waals surface area contributed by atoms with E-state index in [9.17, 15) is 9.59 Å². The van der Waals surface area contributed by atoms with Crippen LogP contribution in [0, 0.1) is 6.92 Å². The van der Waals surface area contributed by atoms with Crippen LogP contribution in [0.1, 0.15) is 25.3 Å². The van der Waals surface area contributed by atoms with Crippen molar-refractivity contribution in [1.82, 2.24) is 14.5 Å². The number of aromatic nitrogens is 3. The number of aryl methyl sites for hydroxylation is 1. The number of nitrogens with zero attached hydrogens (tertiary/aromatic N) is 3. The molecule has 8 heteroatoms. The number of rotatable bonds is 7. The Balaban J connectivity index is 1.65. The third-order valence-corrected chi connectivity index (χ3v) is 6.75. The van der Waals surface area contributed by atoms with Crippen molar-refractivity contribution in [2.45, 2.75) is 38.4 Å². The van der Waals surface area contributed by atoms with Gasteiger partial charge in [-0.3, -0.25) is 14.2 Å². The van der Waals surface area contributed by atoms with Crippen molar-refractivity contribution in [3.8, 4) is 0 Å². The summed E-state index contributed by atoms with van der Waals surface area (Å²) in [5, 5.41) is 4.36. The van der Waals surface area contributed by atoms with Crippen LogP contribution in [-0.4, -0.2) is 26.2 Å². The molecule has 0 fully saturated rings. The van der Waals surface area contributed by atoms with Gasteiger partial charge in [0.15, 0.2) is 5.16 Å². The molecule has 0 aliphatic rings. The number of nitrogens with one attached hydrogen (secondary N) is 1. The topological polar surface area (TPSA) is 76.9 Å². The maximum absolute atomic E-state index is 13.2. The average Bonchev–Trinajstić information content (AvgIpc) is 3.11. The molecule has 0 aliphatic heterocycles. The summed E-state index contributed by atoms with van der Waals surface area (Å²) in [6.45, 7) is 4.65. The van der Waals surface area contributed by atoms with Crippen LogP contribution < -0.4 is 10.9 Å². The lowest BCUT2D eigenvalue weighted by Gasteiger charge is -2.12. The summed E-state index contributed by atoms with van der Waals surface area (Å²) in [6, 6.07) is 11.5. The third kappa shape index (κ3) is 4.24. The standard InChI is InChI=1S/C22H22N4O2S2/c1-3-4-11-26-21(28)19-18(16-9-6-10-23-20(16)30-19)25-22(26)29-13-17(27)24-15-8-5-7-14(2)12-15/h5-10,12H,3-4,11,13H2,1-2H3,(H,24,27). The second-order valence-corrected chi connectivity index (χ2v) is 8.99. The minimum Gasteiger partial charge on any atom is -0.325 e. The number of thioether (sulfide) groups is 1. The van der Waals surface area contributed by atoms with E-state index in [4.69, 9.17) is 4.98 Å². The van der Waals surface area contributed by atoms with Gasteiger partial charge in [0.2, 0.25) is 5.91 Å². The number of benzene rings is 1. The lowest BCUT2D eigenvalue weighted by atomic mass is 10.2. The number of thiophene rings is 1. The lowest BCUT2D eigenvalue weighted by molar-refractivity contribution is -0.113. The Bertz CT molecular complexity index is 1280. The Labute approximate surface area is 182 Å². The molecule has 4 aromatic rings. The van der Waals surface area contributed by atoms with Gasteiger partial charge in [0.25, 0.3) is 5.56 Å². The summed E-state index contributed by atoms with van der Waals surface area (Å²) >= 11 is 2.67. The van der Waals surface area contributed by atoms with E-state index in [2.05, 4.69) is 17.2 Å². The highest BCUT2D eigenvalue weighted by molar-refractivity contribution is 7.99. The Morgan fingerprint density at radius 1 is 1.27 bits per heavy atom. The minimum absolute atomic E-state index is 0.0574. The predicted octanol–water partition coefficient (Wildman–Crippen LogP) is 4.85. The Hall–Kier alpha value is -2.71. The normalized spacial score (nSPS) is 11.3. The first-order chi connectivity index (χ1) is 14.6. The van der Waals surface area contributed by atoms with Crippen LogP contribution in [0.2, 0.25) is 0 Å². The molecule has 1 amide bonds. The number of unbranched alkanes of at least 4 members (excludes halogenated alkanes) is 1. The third-order valence-electron chi connectivity index (χ3n) is 4.69. The van der Waals surface area contributed by atoms with Crippen molar-refractivity contribution in [3.63, 3.8) is 0 Å². The smallest absolute Gasteiger partial charge is 0.272 e. The summed E-state index contributed by atoms with van der Waals surface area (Å²) in [5.74, 6) is 0.0528. The van der Waals surface area contributed by atoms with E-state index in [1.165, 1.54) is 23.1 Å². The van der Waals surface area contributed by atoms with Gasteiger partial charge in [0.05, 0.1) is 11.3 Å². The van der Waals surface area contributed by atoms with Crippen molar-refractivity contribution in [1.29, 1.82) is 0 Å². The van der Waals surface area contributed by atoms with Gasteiger partial charge in [-0.25, -0.2) is 9.97 Å². The Kier molecular flexibility index (Phi) is 6.15. The molecule has 0 radical (unpaired) electrons. The highest BCUT2D eigenvalue weighted by Gasteiger charge is 2.17. The second-order valence-electron chi connectivity index (χ2n) is 7.05. The van der Waals surface area contributed by atoms with E-state index >= 15 is 0 Å². The summed E-state index contributed by atoms with van der Waals surface area (Å²) in [6.07, 6.45) is 3.56. The fourth-order valence-corrected chi connectivity index (χ4v) is 5.06. The van der Waals surface area contributed by atoms with Crippen molar-refractivity contribution in [3.05, 3.63) is 58.5 Å². The molecule has 1 N–H and O–H groups in total. The molecule has 6 nitrogen and oxygen atoms in total. The molecule has 3 aromatic heterocycles. The molecule has 0 bridgehead atoms. The first-order valence-corrected chi connectivity index (χ1v) is 11.6. The van der Waals surface area contributed by atoms with Crippen LogP contribution in [0.4, 0.5) is 5.69 Å². The lowest BCUT2D eigenvalue weighted by Crippen LogP contribution is -2.23. The fourth-order valence-electron chi connectivity index (χ4n) is 3.21. The molecular formula is C22H22N4O2S2. The molecular weight excluding hydrogens is 416 g/mol. The molecule has 0 saturated carbocycles. The second kappa shape index (κ2) is 8.97. The van der Waals surface area contributed by atoms with Gasteiger partial charge >= 0.3 is 0 Å². The van der Waals surface area contributed by atoms with Crippen molar-refractivity contribution in [2.75, 3.05) is 11.1 Å². The monoisotopic (exact) mass is 438 g/mol. The van der Waals surface area contributed by atoms with E-state index in [0.717, 1.165) is 34.3 Å². The van der Waals surface area contributed by atoms with Gasteiger partial charge in [-0.05, 0) is 43.2 Å². The van der Waals surface area contributed by atoms with Crippen LogP contribution in [-0.2, 0) is 11.3 Å². The molecule has 4 rings (SSSR count). The van der Waals surface area contributed by atoms with Crippen molar-refractivity contribution < 1.29 is 4.79 Å². The van der Waals surface area contributed by atoms with Gasteiger partial charge in [0, 0.05) is 23.8 Å². The van der Waals surface area contributed by atoms with Gasteiger partial charge in [-0.2, -0.15) is 0 Å². The van der Waals surface area contributed by atoms with Crippen LogP contribution >= 0.6 is 23.1 Å². The van der Waals surface area contributed by atoms with Crippen molar-refractivity contribution in [2.24, 2.45) is 0 Å². The number of hydrogen-bond donors (Lipinski definition) is 1.